The van der Waals surface area contributed by atoms with Gasteiger partial charge in [0.15, 0.2) is 0 Å². The number of halogens is 7. The number of benzene rings is 2. The molecule has 250 valence electrons. The summed E-state index contributed by atoms with van der Waals surface area (Å²) < 4.78 is 69.9. The number of carbonyl (C=O) groups excluding carboxylic acids is 2. The van der Waals surface area contributed by atoms with Gasteiger partial charge in [-0.05, 0) is 35.9 Å². The molecule has 2 amide bonds. The van der Waals surface area contributed by atoms with Crippen molar-refractivity contribution in [1.82, 2.24) is 19.9 Å². The summed E-state index contributed by atoms with van der Waals surface area (Å²) in [6.45, 7) is 4.75. The Morgan fingerprint density at radius 2 is 1.77 bits per heavy atom. The van der Waals surface area contributed by atoms with E-state index in [9.17, 15) is 31.5 Å². The van der Waals surface area contributed by atoms with Crippen LogP contribution in [0, 0.1) is 5.41 Å². The summed E-state index contributed by atoms with van der Waals surface area (Å²) in [6.07, 6.45) is -5.18. The molecular formula is C31H30Cl2F5N7O2. The second-order valence-electron chi connectivity index (χ2n) is 12.2. The van der Waals surface area contributed by atoms with Gasteiger partial charge in [-0.25, -0.2) is 18.7 Å². The van der Waals surface area contributed by atoms with Crippen LogP contribution in [-0.4, -0.2) is 45.4 Å². The lowest BCUT2D eigenvalue weighted by molar-refractivity contribution is -0.141. The molecule has 0 aliphatic carbocycles. The van der Waals surface area contributed by atoms with Crippen molar-refractivity contribution in [3.63, 3.8) is 0 Å². The lowest BCUT2D eigenvalue weighted by Gasteiger charge is -2.22. The van der Waals surface area contributed by atoms with E-state index < -0.39 is 42.1 Å². The molecule has 1 aliphatic rings. The average molecular weight is 699 g/mol. The van der Waals surface area contributed by atoms with E-state index in [0.717, 1.165) is 12.1 Å². The van der Waals surface area contributed by atoms with E-state index in [0.29, 0.717) is 16.8 Å². The first-order chi connectivity index (χ1) is 21.8. The molecule has 0 atom stereocenters. The van der Waals surface area contributed by atoms with Crippen molar-refractivity contribution >= 4 is 69.2 Å². The van der Waals surface area contributed by atoms with E-state index in [1.54, 1.807) is 44.5 Å². The van der Waals surface area contributed by atoms with Crippen LogP contribution >= 0.6 is 23.2 Å². The SMILES string of the molecule is Cn1c(Nc2c(Cl)ccc(CNC(=O)C(C)(C)C)c2Cl)nc2cc(C(=O)Nc3cccc(C(F)(F)F)n3)c(N3CCC(F)(F)C3)cc21. The minimum absolute atomic E-state index is 0.0622. The first-order valence-electron chi connectivity index (χ1n) is 14.3. The number of carbonyl (C=O) groups is 2. The number of aryl methyl sites for hydroxylation is 1. The van der Waals surface area contributed by atoms with Crippen LogP contribution in [0.15, 0.2) is 42.5 Å². The van der Waals surface area contributed by atoms with Gasteiger partial charge in [0.1, 0.15) is 11.5 Å². The molecule has 2 aromatic heterocycles. The van der Waals surface area contributed by atoms with E-state index in [-0.39, 0.29) is 57.6 Å². The molecule has 0 bridgehead atoms. The molecular weight excluding hydrogens is 668 g/mol. The van der Waals surface area contributed by atoms with Gasteiger partial charge >= 0.3 is 6.18 Å². The smallest absolute Gasteiger partial charge is 0.365 e. The predicted molar refractivity (Wildman–Crippen MR) is 171 cm³/mol. The standard InChI is InChI=1S/C31H30Cl2F5N7O2/c1-29(2,3)27(47)39-14-16-8-9-18(32)25(24(16)33)43-28-40-19-12-17(26(46)42-23-7-5-6-22(41-23)31(36,37)38)20(13-21(19)44(28)4)45-11-10-30(34,35)15-45/h5-9,12-13H,10-11,14-15H2,1-4H3,(H,39,47)(H,40,43)(H,41,42,46). The number of hydrogen-bond donors (Lipinski definition) is 3. The van der Waals surface area contributed by atoms with Gasteiger partial charge in [0.2, 0.25) is 11.9 Å². The molecule has 1 saturated heterocycles. The fraction of sp³-hybridized carbons (Fsp3) is 0.355. The van der Waals surface area contributed by atoms with Gasteiger partial charge < -0.3 is 25.4 Å². The van der Waals surface area contributed by atoms with Gasteiger partial charge in [0.05, 0.1) is 44.6 Å². The Morgan fingerprint density at radius 3 is 2.40 bits per heavy atom. The van der Waals surface area contributed by atoms with Crippen molar-refractivity contribution < 1.29 is 31.5 Å². The number of nitrogens with one attached hydrogen (secondary N) is 3. The van der Waals surface area contributed by atoms with Crippen LogP contribution in [0.1, 0.15) is 48.8 Å². The number of aromatic nitrogens is 3. The van der Waals surface area contributed by atoms with Crippen LogP contribution in [0.4, 0.5) is 45.1 Å². The second kappa shape index (κ2) is 12.5. The van der Waals surface area contributed by atoms with Crippen molar-refractivity contribution in [2.75, 3.05) is 28.6 Å². The number of anilines is 4. The maximum absolute atomic E-state index is 14.3. The molecule has 9 nitrogen and oxygen atoms in total. The second-order valence-corrected chi connectivity index (χ2v) is 13.0. The van der Waals surface area contributed by atoms with Gasteiger partial charge in [-0.15, -0.1) is 0 Å². The minimum atomic E-state index is -4.74. The molecule has 0 unspecified atom stereocenters. The summed E-state index contributed by atoms with van der Waals surface area (Å²) in [6, 6.07) is 9.22. The largest absolute Gasteiger partial charge is 0.433 e. The van der Waals surface area contributed by atoms with Gasteiger partial charge in [-0.1, -0.05) is 56.1 Å². The van der Waals surface area contributed by atoms with Gasteiger partial charge in [0.25, 0.3) is 11.8 Å². The van der Waals surface area contributed by atoms with Crippen molar-refractivity contribution in [2.45, 2.75) is 45.8 Å². The van der Waals surface area contributed by atoms with Crippen molar-refractivity contribution in [3.8, 4) is 0 Å². The first kappa shape index (κ1) is 34.2. The molecule has 3 heterocycles. The zero-order valence-electron chi connectivity index (χ0n) is 25.6. The number of amides is 2. The number of fused-ring (bicyclic) bond motifs is 1. The topological polar surface area (TPSA) is 104 Å². The first-order valence-corrected chi connectivity index (χ1v) is 15.1. The average Bonchev–Trinajstić information content (AvgIpc) is 3.50. The van der Waals surface area contributed by atoms with Gasteiger partial charge in [-0.3, -0.25) is 9.59 Å². The van der Waals surface area contributed by atoms with E-state index >= 15 is 0 Å². The summed E-state index contributed by atoms with van der Waals surface area (Å²) in [4.78, 5) is 35.3. The van der Waals surface area contributed by atoms with Crippen LogP contribution in [0.3, 0.4) is 0 Å². The predicted octanol–water partition coefficient (Wildman–Crippen LogP) is 7.80. The van der Waals surface area contributed by atoms with E-state index in [1.807, 2.05) is 0 Å². The molecule has 4 aromatic rings. The Kier molecular flexibility index (Phi) is 9.05. The van der Waals surface area contributed by atoms with Crippen LogP contribution < -0.4 is 20.9 Å². The monoisotopic (exact) mass is 697 g/mol. The van der Waals surface area contributed by atoms with Crippen molar-refractivity contribution in [1.29, 1.82) is 0 Å². The Balaban J connectivity index is 1.51. The lowest BCUT2D eigenvalue weighted by Crippen LogP contribution is -2.34. The summed E-state index contributed by atoms with van der Waals surface area (Å²) in [5.74, 6) is -4.18. The third-order valence-corrected chi connectivity index (χ3v) is 8.31. The molecule has 5 rings (SSSR count). The van der Waals surface area contributed by atoms with E-state index in [1.165, 1.54) is 23.1 Å². The molecule has 3 N–H and O–H groups in total. The van der Waals surface area contributed by atoms with E-state index in [4.69, 9.17) is 23.2 Å². The van der Waals surface area contributed by atoms with Gasteiger partial charge in [0, 0.05) is 32.0 Å². The molecule has 0 spiro atoms. The number of rotatable bonds is 7. The van der Waals surface area contributed by atoms with Crippen LogP contribution in [0.5, 0.6) is 0 Å². The number of pyridine rings is 1. The summed E-state index contributed by atoms with van der Waals surface area (Å²) in [5, 5.41) is 8.76. The number of imidazole rings is 1. The minimum Gasteiger partial charge on any atom is -0.365 e. The zero-order chi connectivity index (χ0) is 34.5. The zero-order valence-corrected chi connectivity index (χ0v) is 27.1. The molecule has 1 aliphatic heterocycles. The Hall–Kier alpha value is -4.17. The lowest BCUT2D eigenvalue weighted by atomic mass is 9.95. The molecule has 2 aromatic carbocycles. The molecule has 16 heteroatoms. The third-order valence-electron chi connectivity index (χ3n) is 7.56. The molecule has 1 fully saturated rings. The fourth-order valence-electron chi connectivity index (χ4n) is 4.97. The summed E-state index contributed by atoms with van der Waals surface area (Å²) in [7, 11) is 1.65. The fourth-order valence-corrected chi connectivity index (χ4v) is 5.50. The van der Waals surface area contributed by atoms with Crippen molar-refractivity contribution in [3.05, 3.63) is 69.3 Å². The highest BCUT2D eigenvalue weighted by molar-refractivity contribution is 6.39. The normalized spacial score (nSPS) is 14.8. The maximum Gasteiger partial charge on any atom is 0.433 e. The summed E-state index contributed by atoms with van der Waals surface area (Å²) in [5.41, 5.74) is -0.177. The number of hydrogen-bond acceptors (Lipinski definition) is 6. The van der Waals surface area contributed by atoms with Crippen LogP contribution in [0.2, 0.25) is 10.0 Å². The number of nitrogens with zero attached hydrogens (tertiary/aromatic N) is 4. The Labute approximate surface area is 276 Å². The van der Waals surface area contributed by atoms with Gasteiger partial charge in [-0.2, -0.15) is 13.2 Å². The van der Waals surface area contributed by atoms with Crippen LogP contribution in [-0.2, 0) is 24.6 Å². The molecule has 0 saturated carbocycles. The Morgan fingerprint density at radius 1 is 1.04 bits per heavy atom. The molecule has 47 heavy (non-hydrogen) atoms. The third kappa shape index (κ3) is 7.38. The highest BCUT2D eigenvalue weighted by Crippen LogP contribution is 2.39. The maximum atomic E-state index is 14.3. The van der Waals surface area contributed by atoms with E-state index in [2.05, 4.69) is 25.9 Å². The van der Waals surface area contributed by atoms with Crippen LogP contribution in [0.25, 0.3) is 11.0 Å². The summed E-state index contributed by atoms with van der Waals surface area (Å²) >= 11 is 13.2. The number of alkyl halides is 5. The molecule has 0 radical (unpaired) electrons. The Bertz CT molecular complexity index is 1870. The highest BCUT2D eigenvalue weighted by atomic mass is 35.5. The van der Waals surface area contributed by atoms with Crippen molar-refractivity contribution in [2.24, 2.45) is 12.5 Å². The quantitative estimate of drug-likeness (QED) is 0.170. The highest BCUT2D eigenvalue weighted by Gasteiger charge is 2.40.